The van der Waals surface area contributed by atoms with E-state index < -0.39 is 0 Å². The minimum atomic E-state index is -0.173. The summed E-state index contributed by atoms with van der Waals surface area (Å²) < 4.78 is 0. The van der Waals surface area contributed by atoms with E-state index in [0.29, 0.717) is 5.92 Å². The number of thiazole rings is 1. The Morgan fingerprint density at radius 2 is 2.15 bits per heavy atom. The SMILES string of the molecule is CC(O)C1CCN(Cc2csc(C3CCCCC3)n2)C1. The monoisotopic (exact) mass is 294 g/mol. The van der Waals surface area contributed by atoms with Crippen LogP contribution in [0.3, 0.4) is 0 Å². The summed E-state index contributed by atoms with van der Waals surface area (Å²) in [5.41, 5.74) is 1.24. The highest BCUT2D eigenvalue weighted by atomic mass is 32.1. The van der Waals surface area contributed by atoms with E-state index in [4.69, 9.17) is 4.98 Å². The van der Waals surface area contributed by atoms with E-state index in [2.05, 4.69) is 10.3 Å². The molecule has 0 spiro atoms. The molecule has 1 saturated heterocycles. The molecule has 2 atom stereocenters. The number of hydrogen-bond acceptors (Lipinski definition) is 4. The summed E-state index contributed by atoms with van der Waals surface area (Å²) >= 11 is 1.86. The van der Waals surface area contributed by atoms with Gasteiger partial charge in [-0.15, -0.1) is 11.3 Å². The van der Waals surface area contributed by atoms with Crippen LogP contribution in [0.5, 0.6) is 0 Å². The number of rotatable bonds is 4. The van der Waals surface area contributed by atoms with Crippen molar-refractivity contribution in [2.45, 2.75) is 64.0 Å². The van der Waals surface area contributed by atoms with Gasteiger partial charge < -0.3 is 5.11 Å². The topological polar surface area (TPSA) is 36.4 Å². The molecule has 3 nitrogen and oxygen atoms in total. The van der Waals surface area contributed by atoms with Gasteiger partial charge in [0.25, 0.3) is 0 Å². The lowest BCUT2D eigenvalue weighted by atomic mass is 9.90. The predicted molar refractivity (Wildman–Crippen MR) is 83.0 cm³/mol. The fraction of sp³-hybridized carbons (Fsp3) is 0.812. The Kier molecular flexibility index (Phi) is 4.74. The summed E-state index contributed by atoms with van der Waals surface area (Å²) in [7, 11) is 0. The van der Waals surface area contributed by atoms with Crippen molar-refractivity contribution in [3.63, 3.8) is 0 Å². The fourth-order valence-electron chi connectivity index (χ4n) is 3.56. The third-order valence-electron chi connectivity index (χ3n) is 4.90. The minimum absolute atomic E-state index is 0.173. The van der Waals surface area contributed by atoms with Gasteiger partial charge in [0, 0.05) is 24.4 Å². The minimum Gasteiger partial charge on any atom is -0.393 e. The number of hydrogen-bond donors (Lipinski definition) is 1. The number of likely N-dealkylation sites (tertiary alicyclic amines) is 1. The third-order valence-corrected chi connectivity index (χ3v) is 5.96. The van der Waals surface area contributed by atoms with Crippen LogP contribution in [0.15, 0.2) is 5.38 Å². The quantitative estimate of drug-likeness (QED) is 0.924. The maximum atomic E-state index is 9.67. The molecule has 0 amide bonds. The third kappa shape index (κ3) is 3.41. The molecule has 1 aromatic rings. The number of aromatic nitrogens is 1. The normalized spacial score (nSPS) is 27.0. The lowest BCUT2D eigenvalue weighted by Crippen LogP contribution is -2.24. The largest absolute Gasteiger partial charge is 0.393 e. The van der Waals surface area contributed by atoms with Crippen molar-refractivity contribution in [2.75, 3.05) is 13.1 Å². The van der Waals surface area contributed by atoms with Crippen LogP contribution in [0.2, 0.25) is 0 Å². The highest BCUT2D eigenvalue weighted by Gasteiger charge is 2.26. The molecule has 1 N–H and O–H groups in total. The zero-order valence-electron chi connectivity index (χ0n) is 12.4. The lowest BCUT2D eigenvalue weighted by molar-refractivity contribution is 0.127. The predicted octanol–water partition coefficient (Wildman–Crippen LogP) is 3.39. The Hall–Kier alpha value is -0.450. The van der Waals surface area contributed by atoms with Crippen molar-refractivity contribution in [3.8, 4) is 0 Å². The van der Waals surface area contributed by atoms with E-state index in [1.54, 1.807) is 0 Å². The molecule has 0 radical (unpaired) electrons. The van der Waals surface area contributed by atoms with Crippen molar-refractivity contribution in [3.05, 3.63) is 16.1 Å². The van der Waals surface area contributed by atoms with Gasteiger partial charge in [0.2, 0.25) is 0 Å². The molecule has 2 fully saturated rings. The molecule has 1 aliphatic carbocycles. The van der Waals surface area contributed by atoms with Crippen molar-refractivity contribution in [1.82, 2.24) is 9.88 Å². The summed E-state index contributed by atoms with van der Waals surface area (Å²) in [5, 5.41) is 13.3. The standard InChI is InChI=1S/C16H26N2OS/c1-12(19)14-7-8-18(9-14)10-15-11-20-16(17-15)13-5-3-2-4-6-13/h11-14,19H,2-10H2,1H3. The average Bonchev–Trinajstić information content (AvgIpc) is 3.10. The molecule has 1 aromatic heterocycles. The molecule has 4 heteroatoms. The zero-order chi connectivity index (χ0) is 13.9. The Bertz CT molecular complexity index is 426. The van der Waals surface area contributed by atoms with Crippen molar-refractivity contribution < 1.29 is 5.11 Å². The highest BCUT2D eigenvalue weighted by molar-refractivity contribution is 7.09. The van der Waals surface area contributed by atoms with Crippen LogP contribution in [0, 0.1) is 5.92 Å². The van der Waals surface area contributed by atoms with Crippen LogP contribution in [-0.4, -0.2) is 34.2 Å². The first-order valence-corrected chi connectivity index (χ1v) is 8.95. The summed E-state index contributed by atoms with van der Waals surface area (Å²) in [6.07, 6.45) is 7.78. The van der Waals surface area contributed by atoms with Crippen molar-refractivity contribution >= 4 is 11.3 Å². The molecular formula is C16H26N2OS. The molecule has 2 unspecified atom stereocenters. The van der Waals surface area contributed by atoms with Gasteiger partial charge in [0.05, 0.1) is 16.8 Å². The van der Waals surface area contributed by atoms with E-state index in [1.165, 1.54) is 42.8 Å². The maximum Gasteiger partial charge on any atom is 0.0959 e. The van der Waals surface area contributed by atoms with Gasteiger partial charge in [-0.2, -0.15) is 0 Å². The van der Waals surface area contributed by atoms with Crippen molar-refractivity contribution in [1.29, 1.82) is 0 Å². The van der Waals surface area contributed by atoms with Gasteiger partial charge >= 0.3 is 0 Å². The average molecular weight is 294 g/mol. The Morgan fingerprint density at radius 3 is 2.85 bits per heavy atom. The Labute approximate surface area is 126 Å². The molecule has 3 rings (SSSR count). The first kappa shape index (κ1) is 14.5. The number of aliphatic hydroxyl groups is 1. The van der Waals surface area contributed by atoms with E-state index in [1.807, 2.05) is 18.3 Å². The maximum absolute atomic E-state index is 9.67. The van der Waals surface area contributed by atoms with Gasteiger partial charge in [-0.1, -0.05) is 19.3 Å². The zero-order valence-corrected chi connectivity index (χ0v) is 13.2. The fourth-order valence-corrected chi connectivity index (χ4v) is 4.54. The first-order chi connectivity index (χ1) is 9.72. The lowest BCUT2D eigenvalue weighted by Gasteiger charge is -2.19. The van der Waals surface area contributed by atoms with Gasteiger partial charge in [-0.3, -0.25) is 4.90 Å². The molecular weight excluding hydrogens is 268 g/mol. The second kappa shape index (κ2) is 6.54. The summed E-state index contributed by atoms with van der Waals surface area (Å²) in [4.78, 5) is 7.32. The molecule has 1 saturated carbocycles. The van der Waals surface area contributed by atoms with Gasteiger partial charge in [-0.05, 0) is 38.6 Å². The molecule has 2 heterocycles. The van der Waals surface area contributed by atoms with E-state index in [9.17, 15) is 5.11 Å². The Balaban J connectivity index is 1.55. The van der Waals surface area contributed by atoms with Crippen molar-refractivity contribution in [2.24, 2.45) is 5.92 Å². The summed E-state index contributed by atoms with van der Waals surface area (Å²) in [6, 6.07) is 0. The molecule has 1 aliphatic heterocycles. The van der Waals surface area contributed by atoms with Gasteiger partial charge in [0.1, 0.15) is 0 Å². The molecule has 20 heavy (non-hydrogen) atoms. The van der Waals surface area contributed by atoms with E-state index >= 15 is 0 Å². The number of aliphatic hydroxyl groups excluding tert-OH is 1. The summed E-state index contributed by atoms with van der Waals surface area (Å²) in [5.74, 6) is 1.18. The van der Waals surface area contributed by atoms with E-state index in [-0.39, 0.29) is 6.10 Å². The highest BCUT2D eigenvalue weighted by Crippen LogP contribution is 2.34. The van der Waals surface area contributed by atoms with Crippen LogP contribution < -0.4 is 0 Å². The number of nitrogens with zero attached hydrogens (tertiary/aromatic N) is 2. The smallest absolute Gasteiger partial charge is 0.0959 e. The second-order valence-corrected chi connectivity index (χ2v) is 7.43. The van der Waals surface area contributed by atoms with Crippen LogP contribution >= 0.6 is 11.3 Å². The molecule has 0 bridgehead atoms. The van der Waals surface area contributed by atoms with Crippen LogP contribution in [0.25, 0.3) is 0 Å². The van der Waals surface area contributed by atoms with Crippen LogP contribution in [-0.2, 0) is 6.54 Å². The molecule has 0 aromatic carbocycles. The molecule has 112 valence electrons. The first-order valence-electron chi connectivity index (χ1n) is 8.07. The summed E-state index contributed by atoms with van der Waals surface area (Å²) in [6.45, 7) is 5.00. The van der Waals surface area contributed by atoms with Gasteiger partial charge in [-0.25, -0.2) is 4.98 Å². The Morgan fingerprint density at radius 1 is 1.35 bits per heavy atom. The van der Waals surface area contributed by atoms with E-state index in [0.717, 1.165) is 32.0 Å². The van der Waals surface area contributed by atoms with Crippen LogP contribution in [0.4, 0.5) is 0 Å². The van der Waals surface area contributed by atoms with Crippen LogP contribution in [0.1, 0.15) is 62.1 Å². The molecule has 2 aliphatic rings. The second-order valence-electron chi connectivity index (χ2n) is 6.54. The van der Waals surface area contributed by atoms with Gasteiger partial charge in [0.15, 0.2) is 0 Å².